The van der Waals surface area contributed by atoms with Crippen molar-refractivity contribution in [3.8, 4) is 5.69 Å². The first kappa shape index (κ1) is 25.7. The number of hydrogen-bond donors (Lipinski definition) is 0. The number of hydrogen-bond acceptors (Lipinski definition) is 4. The number of pyridine rings is 1. The third-order valence-corrected chi connectivity index (χ3v) is 9.56. The number of piperidine rings is 1. The Kier molecular flexibility index (Phi) is 6.03. The van der Waals surface area contributed by atoms with E-state index in [9.17, 15) is 18.0 Å². The Bertz CT molecular complexity index is 1570. The van der Waals surface area contributed by atoms with Gasteiger partial charge in [0.2, 0.25) is 0 Å². The molecule has 1 saturated heterocycles. The molecule has 3 aromatic rings. The Hall–Kier alpha value is -3.27. The largest absolute Gasteiger partial charge is 0.418 e. The van der Waals surface area contributed by atoms with Gasteiger partial charge in [-0.3, -0.25) is 13.9 Å². The second-order valence-corrected chi connectivity index (χ2v) is 12.1. The minimum Gasteiger partial charge on any atom is -0.299 e. The van der Waals surface area contributed by atoms with Crippen molar-refractivity contribution in [2.75, 3.05) is 20.1 Å². The number of azo groups is 1. The number of likely N-dealkylation sites (N-methyl/N-ethyl adjacent to an activating group) is 1. The quantitative estimate of drug-likeness (QED) is 0.354. The Morgan fingerprint density at radius 3 is 2.50 bits per heavy atom. The molecule has 0 N–H and O–H groups in total. The Balaban J connectivity index is 1.26. The summed E-state index contributed by atoms with van der Waals surface area (Å²) in [5.74, 6) is 0.414. The third kappa shape index (κ3) is 4.50. The zero-order valence-corrected chi connectivity index (χ0v) is 22.6. The molecular formula is C30H33F3N6O+. The van der Waals surface area contributed by atoms with Crippen molar-refractivity contribution >= 4 is 11.9 Å². The second-order valence-electron chi connectivity index (χ2n) is 12.1. The predicted molar refractivity (Wildman–Crippen MR) is 145 cm³/mol. The van der Waals surface area contributed by atoms with E-state index in [0.29, 0.717) is 29.1 Å². The summed E-state index contributed by atoms with van der Waals surface area (Å²) in [5, 5.41) is 8.44. The van der Waals surface area contributed by atoms with Crippen LogP contribution >= 0.6 is 0 Å². The molecule has 2 aliphatic carbocycles. The van der Waals surface area contributed by atoms with Gasteiger partial charge in [0.25, 0.3) is 0 Å². The van der Waals surface area contributed by atoms with Crippen molar-refractivity contribution in [1.29, 1.82) is 0 Å². The van der Waals surface area contributed by atoms with Crippen molar-refractivity contribution in [2.24, 2.45) is 21.6 Å². The van der Waals surface area contributed by atoms with E-state index in [1.54, 1.807) is 18.6 Å². The monoisotopic (exact) mass is 550 g/mol. The molecule has 10 heteroatoms. The summed E-state index contributed by atoms with van der Waals surface area (Å²) in [4.78, 5) is 15.8. The van der Waals surface area contributed by atoms with Gasteiger partial charge in [-0.05, 0) is 97.4 Å². The first-order valence-electron chi connectivity index (χ1n) is 14.2. The molecule has 0 bridgehead atoms. The summed E-state index contributed by atoms with van der Waals surface area (Å²) in [6.07, 6.45) is 8.93. The molecule has 7 nitrogen and oxygen atoms in total. The molecule has 3 fully saturated rings. The van der Waals surface area contributed by atoms with E-state index in [4.69, 9.17) is 0 Å². The summed E-state index contributed by atoms with van der Waals surface area (Å²) in [5.41, 5.74) is 1.10. The second kappa shape index (κ2) is 9.39. The highest BCUT2D eigenvalue weighted by Gasteiger charge is 2.45. The summed E-state index contributed by atoms with van der Waals surface area (Å²) >= 11 is 0. The number of fused-ring (bicyclic) bond motifs is 1. The van der Waals surface area contributed by atoms with Crippen LogP contribution in [0.5, 0.6) is 0 Å². The topological polar surface area (TPSA) is 57.4 Å². The van der Waals surface area contributed by atoms with Crippen LogP contribution < -0.4 is 5.69 Å². The van der Waals surface area contributed by atoms with Gasteiger partial charge >= 0.3 is 24.4 Å². The van der Waals surface area contributed by atoms with Gasteiger partial charge in [-0.25, -0.2) is 9.37 Å². The number of alkyl halides is 3. The minimum absolute atomic E-state index is 0.00518. The Morgan fingerprint density at radius 2 is 1.88 bits per heavy atom. The molecule has 40 heavy (non-hydrogen) atoms. The van der Waals surface area contributed by atoms with Gasteiger partial charge in [-0.15, -0.1) is 0 Å². The van der Waals surface area contributed by atoms with Crippen LogP contribution in [0.25, 0.3) is 11.2 Å². The van der Waals surface area contributed by atoms with Gasteiger partial charge in [0.05, 0.1) is 34.8 Å². The maximum Gasteiger partial charge on any atom is 0.418 e. The van der Waals surface area contributed by atoms with Crippen molar-refractivity contribution in [1.82, 2.24) is 13.9 Å². The maximum absolute atomic E-state index is 14.3. The van der Waals surface area contributed by atoms with E-state index >= 15 is 0 Å². The van der Waals surface area contributed by atoms with Crippen LogP contribution in [0.3, 0.4) is 0 Å². The third-order valence-electron chi connectivity index (χ3n) is 9.56. The highest BCUT2D eigenvalue weighted by atomic mass is 19.4. The summed E-state index contributed by atoms with van der Waals surface area (Å²) in [6, 6.07) is 8.77. The number of imidazole rings is 1. The zero-order chi connectivity index (χ0) is 27.6. The fourth-order valence-corrected chi connectivity index (χ4v) is 6.71. The van der Waals surface area contributed by atoms with Gasteiger partial charge < -0.3 is 0 Å². The number of nitrogens with zero attached hydrogens (tertiary/aromatic N) is 6. The van der Waals surface area contributed by atoms with Gasteiger partial charge in [-0.1, -0.05) is 18.6 Å². The smallest absolute Gasteiger partial charge is 0.299 e. The van der Waals surface area contributed by atoms with Crippen LogP contribution in [0, 0.1) is 17.5 Å². The van der Waals surface area contributed by atoms with Gasteiger partial charge in [0.1, 0.15) is 0 Å². The van der Waals surface area contributed by atoms with Crippen LogP contribution in [0.1, 0.15) is 67.6 Å². The van der Waals surface area contributed by atoms with E-state index in [1.807, 2.05) is 29.8 Å². The van der Waals surface area contributed by atoms with Gasteiger partial charge in [-0.2, -0.15) is 13.2 Å². The zero-order valence-electron chi connectivity index (χ0n) is 22.6. The van der Waals surface area contributed by atoms with Crippen LogP contribution in [0.4, 0.5) is 13.2 Å². The van der Waals surface area contributed by atoms with E-state index in [-0.39, 0.29) is 11.4 Å². The van der Waals surface area contributed by atoms with Crippen LogP contribution in [0.2, 0.25) is 0 Å². The lowest BCUT2D eigenvalue weighted by Gasteiger charge is -2.34. The average Bonchev–Trinajstić information content (AvgIpc) is 3.39. The predicted octanol–water partition coefficient (Wildman–Crippen LogP) is 5.99. The number of rotatable bonds is 6. The molecule has 1 aromatic carbocycles. The Morgan fingerprint density at radius 1 is 1.10 bits per heavy atom. The molecule has 2 saturated carbocycles. The van der Waals surface area contributed by atoms with Crippen molar-refractivity contribution in [2.45, 2.75) is 63.6 Å². The lowest BCUT2D eigenvalue weighted by molar-refractivity contribution is -0.480. The van der Waals surface area contributed by atoms with Crippen molar-refractivity contribution in [3.63, 3.8) is 0 Å². The number of likely N-dealkylation sites (tertiary alicyclic amines) is 1. The number of halogens is 3. The molecule has 7 rings (SSSR count). The fraction of sp³-hybridized carbons (Fsp3) is 0.500. The summed E-state index contributed by atoms with van der Waals surface area (Å²) in [6.45, 7) is 2.18. The van der Waals surface area contributed by atoms with Crippen LogP contribution in [-0.4, -0.2) is 44.9 Å². The van der Waals surface area contributed by atoms with Gasteiger partial charge in [0.15, 0.2) is 0 Å². The molecule has 1 atom stereocenters. The standard InChI is InChI=1S/C30H33F3N6O/c1-36-19-34-35-27(36)26(21-4-2-5-21)22-6-3-7-23(15-22)38-18-25-24(30(31,32)33)14-20(17-39(25)28(38)40)16-37-12-10-29(8-9-29)11-13-37/h3,6-7,14-15,17-19,21,26H,2,4-5,8-13,16H2,1H3/q+1/t26-/m1/s1. The molecule has 4 aliphatic rings. The lowest BCUT2D eigenvalue weighted by atomic mass is 9.71. The van der Waals surface area contributed by atoms with E-state index in [0.717, 1.165) is 56.9 Å². The molecule has 1 spiro atoms. The van der Waals surface area contributed by atoms with Crippen molar-refractivity contribution in [3.05, 3.63) is 76.1 Å². The summed E-state index contributed by atoms with van der Waals surface area (Å²) < 4.78 is 47.2. The molecule has 1 radical (unpaired) electrons. The average molecular weight is 551 g/mol. The van der Waals surface area contributed by atoms with Gasteiger partial charge in [0, 0.05) is 18.9 Å². The molecular weight excluding hydrogens is 517 g/mol. The molecule has 2 aliphatic heterocycles. The van der Waals surface area contributed by atoms with Crippen molar-refractivity contribution < 1.29 is 17.7 Å². The number of aromatic nitrogens is 2. The molecule has 209 valence electrons. The SMILES string of the molecule is C[N+]1=CN=N[C]1[C@@H](c1cccc(-n2cc3c(C(F)(F)F)cc(CN4CCC5(CC4)CC5)cn3c2=O)c1)C1CCC1. The number of benzene rings is 1. The molecule has 2 aromatic heterocycles. The first-order chi connectivity index (χ1) is 19.2. The maximum atomic E-state index is 14.3. The van der Waals surface area contributed by atoms with E-state index < -0.39 is 17.4 Å². The highest BCUT2D eigenvalue weighted by Crippen LogP contribution is 2.53. The lowest BCUT2D eigenvalue weighted by Crippen LogP contribution is -2.34. The molecule has 4 heterocycles. The summed E-state index contributed by atoms with van der Waals surface area (Å²) in [7, 11) is 1.92. The van der Waals surface area contributed by atoms with E-state index in [2.05, 4.69) is 15.1 Å². The minimum atomic E-state index is -4.58. The first-order valence-corrected chi connectivity index (χ1v) is 14.2. The van der Waals surface area contributed by atoms with Crippen LogP contribution in [-0.2, 0) is 12.7 Å². The molecule has 0 amide bonds. The van der Waals surface area contributed by atoms with Crippen LogP contribution in [0.15, 0.2) is 57.7 Å². The normalized spacial score (nSPS) is 22.1. The highest BCUT2D eigenvalue weighted by molar-refractivity contribution is 5.58. The van der Waals surface area contributed by atoms with E-state index in [1.165, 1.54) is 34.1 Å². The fourth-order valence-electron chi connectivity index (χ4n) is 6.71. The Labute approximate surface area is 230 Å². The molecule has 0 unspecified atom stereocenters.